The Hall–Kier alpha value is -1.32. The Kier molecular flexibility index (Phi) is 3.85. The molecule has 1 atom stereocenters. The van der Waals surface area contributed by atoms with E-state index in [2.05, 4.69) is 58.9 Å². The summed E-state index contributed by atoms with van der Waals surface area (Å²) in [6.45, 7) is 6.64. The smallest absolute Gasteiger partial charge is 0.0376 e. The number of thiophene rings is 1. The molecule has 0 amide bonds. The molecule has 0 radical (unpaired) electrons. The lowest BCUT2D eigenvalue weighted by atomic mass is 10.0. The first kappa shape index (κ1) is 12.7. The molecule has 0 fully saturated rings. The van der Waals surface area contributed by atoms with Crippen LogP contribution in [0.2, 0.25) is 0 Å². The van der Waals surface area contributed by atoms with E-state index in [1.807, 2.05) is 11.3 Å². The summed E-state index contributed by atoms with van der Waals surface area (Å²) in [5.41, 5.74) is 2.80. The standard InChI is InChI=1S/C16H20N2S/c1-2-18(12-14-6-5-9-19-14)11-13-10-17-16-8-4-3-7-15(13)16/h3-9,13,17H,2,10-12H2,1H3. The van der Waals surface area contributed by atoms with Gasteiger partial charge in [0.2, 0.25) is 0 Å². The van der Waals surface area contributed by atoms with Gasteiger partial charge in [0.1, 0.15) is 0 Å². The Morgan fingerprint density at radius 3 is 2.95 bits per heavy atom. The number of hydrogen-bond acceptors (Lipinski definition) is 3. The van der Waals surface area contributed by atoms with Crippen LogP contribution in [0.5, 0.6) is 0 Å². The van der Waals surface area contributed by atoms with E-state index in [0.717, 1.165) is 26.2 Å². The molecular weight excluding hydrogens is 252 g/mol. The molecule has 0 bridgehead atoms. The Labute approximate surface area is 119 Å². The molecule has 1 aliphatic rings. The van der Waals surface area contributed by atoms with Gasteiger partial charge in [0.25, 0.3) is 0 Å². The number of para-hydroxylation sites is 1. The summed E-state index contributed by atoms with van der Waals surface area (Å²) in [6, 6.07) is 13.1. The van der Waals surface area contributed by atoms with E-state index in [1.165, 1.54) is 16.1 Å². The minimum Gasteiger partial charge on any atom is -0.384 e. The zero-order chi connectivity index (χ0) is 13.1. The number of benzene rings is 1. The highest BCUT2D eigenvalue weighted by Gasteiger charge is 2.23. The van der Waals surface area contributed by atoms with Crippen LogP contribution in [0.4, 0.5) is 5.69 Å². The van der Waals surface area contributed by atoms with Crippen molar-refractivity contribution in [3.8, 4) is 0 Å². The predicted molar refractivity (Wildman–Crippen MR) is 82.9 cm³/mol. The van der Waals surface area contributed by atoms with Gasteiger partial charge >= 0.3 is 0 Å². The molecule has 2 aromatic rings. The molecule has 0 aliphatic carbocycles. The molecule has 1 unspecified atom stereocenters. The van der Waals surface area contributed by atoms with Gasteiger partial charge in [0, 0.05) is 36.1 Å². The van der Waals surface area contributed by atoms with Gasteiger partial charge in [0.15, 0.2) is 0 Å². The second-order valence-electron chi connectivity index (χ2n) is 5.07. The van der Waals surface area contributed by atoms with E-state index in [1.54, 1.807) is 0 Å². The van der Waals surface area contributed by atoms with Crippen molar-refractivity contribution in [2.24, 2.45) is 0 Å². The number of nitrogens with zero attached hydrogens (tertiary/aromatic N) is 1. The first-order valence-electron chi connectivity index (χ1n) is 6.94. The monoisotopic (exact) mass is 272 g/mol. The molecule has 1 N–H and O–H groups in total. The molecule has 3 heteroatoms. The van der Waals surface area contributed by atoms with Crippen LogP contribution >= 0.6 is 11.3 Å². The van der Waals surface area contributed by atoms with Crippen LogP contribution in [-0.4, -0.2) is 24.5 Å². The zero-order valence-corrected chi connectivity index (χ0v) is 12.1. The van der Waals surface area contributed by atoms with Gasteiger partial charge < -0.3 is 5.32 Å². The number of likely N-dealkylation sites (N-methyl/N-ethyl adjacent to an activating group) is 1. The molecule has 2 heterocycles. The quantitative estimate of drug-likeness (QED) is 0.891. The fourth-order valence-corrected chi connectivity index (χ4v) is 3.51. The minimum absolute atomic E-state index is 0.621. The molecular formula is C16H20N2S. The van der Waals surface area contributed by atoms with Crippen molar-refractivity contribution < 1.29 is 0 Å². The highest BCUT2D eigenvalue weighted by atomic mass is 32.1. The molecule has 0 saturated carbocycles. The molecule has 0 spiro atoms. The average molecular weight is 272 g/mol. The van der Waals surface area contributed by atoms with Gasteiger partial charge in [-0.2, -0.15) is 0 Å². The van der Waals surface area contributed by atoms with Crippen molar-refractivity contribution in [2.45, 2.75) is 19.4 Å². The van der Waals surface area contributed by atoms with Crippen molar-refractivity contribution in [1.82, 2.24) is 4.90 Å². The fraction of sp³-hybridized carbons (Fsp3) is 0.375. The highest BCUT2D eigenvalue weighted by molar-refractivity contribution is 7.09. The third-order valence-electron chi connectivity index (χ3n) is 3.82. The van der Waals surface area contributed by atoms with Crippen LogP contribution in [-0.2, 0) is 6.54 Å². The van der Waals surface area contributed by atoms with E-state index < -0.39 is 0 Å². The highest BCUT2D eigenvalue weighted by Crippen LogP contribution is 2.31. The molecule has 1 aromatic carbocycles. The fourth-order valence-electron chi connectivity index (χ4n) is 2.76. The van der Waals surface area contributed by atoms with Crippen LogP contribution in [0.25, 0.3) is 0 Å². The minimum atomic E-state index is 0.621. The van der Waals surface area contributed by atoms with Gasteiger partial charge in [-0.3, -0.25) is 4.90 Å². The third-order valence-corrected chi connectivity index (χ3v) is 4.69. The van der Waals surface area contributed by atoms with Crippen LogP contribution in [0.1, 0.15) is 23.3 Å². The van der Waals surface area contributed by atoms with Gasteiger partial charge in [-0.25, -0.2) is 0 Å². The number of nitrogens with one attached hydrogen (secondary N) is 1. The van der Waals surface area contributed by atoms with Crippen molar-refractivity contribution in [2.75, 3.05) is 25.0 Å². The normalized spacial score (nSPS) is 17.5. The van der Waals surface area contributed by atoms with E-state index >= 15 is 0 Å². The number of hydrogen-bond donors (Lipinski definition) is 1. The summed E-state index contributed by atoms with van der Waals surface area (Å²) >= 11 is 1.85. The number of fused-ring (bicyclic) bond motifs is 1. The van der Waals surface area contributed by atoms with Crippen LogP contribution < -0.4 is 5.32 Å². The summed E-state index contributed by atoms with van der Waals surface area (Å²) in [5, 5.41) is 5.68. The lowest BCUT2D eigenvalue weighted by Crippen LogP contribution is -2.28. The summed E-state index contributed by atoms with van der Waals surface area (Å²) in [6.07, 6.45) is 0. The first-order valence-corrected chi connectivity index (χ1v) is 7.82. The largest absolute Gasteiger partial charge is 0.384 e. The van der Waals surface area contributed by atoms with E-state index in [4.69, 9.17) is 0 Å². The van der Waals surface area contributed by atoms with E-state index in [9.17, 15) is 0 Å². The summed E-state index contributed by atoms with van der Waals surface area (Å²) in [4.78, 5) is 4.00. The van der Waals surface area contributed by atoms with Crippen LogP contribution in [0.3, 0.4) is 0 Å². The topological polar surface area (TPSA) is 15.3 Å². The predicted octanol–water partition coefficient (Wildman–Crippen LogP) is 3.78. The molecule has 0 saturated heterocycles. The van der Waals surface area contributed by atoms with Crippen LogP contribution in [0.15, 0.2) is 41.8 Å². The van der Waals surface area contributed by atoms with Gasteiger partial charge in [-0.15, -0.1) is 11.3 Å². The van der Waals surface area contributed by atoms with Crippen molar-refractivity contribution in [3.05, 3.63) is 52.2 Å². The number of anilines is 1. The molecule has 3 rings (SSSR count). The second-order valence-corrected chi connectivity index (χ2v) is 6.10. The first-order chi connectivity index (χ1) is 9.36. The molecule has 2 nitrogen and oxygen atoms in total. The third kappa shape index (κ3) is 2.82. The second kappa shape index (κ2) is 5.76. The van der Waals surface area contributed by atoms with Gasteiger partial charge in [-0.1, -0.05) is 31.2 Å². The molecule has 19 heavy (non-hydrogen) atoms. The number of rotatable bonds is 5. The van der Waals surface area contributed by atoms with Crippen molar-refractivity contribution in [1.29, 1.82) is 0 Å². The van der Waals surface area contributed by atoms with Crippen molar-refractivity contribution >= 4 is 17.0 Å². The zero-order valence-electron chi connectivity index (χ0n) is 11.3. The molecule has 100 valence electrons. The van der Waals surface area contributed by atoms with Crippen molar-refractivity contribution in [3.63, 3.8) is 0 Å². The van der Waals surface area contributed by atoms with Crippen LogP contribution in [0, 0.1) is 0 Å². The maximum atomic E-state index is 3.51. The lowest BCUT2D eigenvalue weighted by Gasteiger charge is -2.23. The maximum Gasteiger partial charge on any atom is 0.0376 e. The molecule has 1 aromatic heterocycles. The Morgan fingerprint density at radius 2 is 2.16 bits per heavy atom. The summed E-state index contributed by atoms with van der Waals surface area (Å²) in [7, 11) is 0. The van der Waals surface area contributed by atoms with Gasteiger partial charge in [0.05, 0.1) is 0 Å². The lowest BCUT2D eigenvalue weighted by molar-refractivity contribution is 0.268. The maximum absolute atomic E-state index is 3.51. The summed E-state index contributed by atoms with van der Waals surface area (Å²) < 4.78 is 0. The average Bonchev–Trinajstić information content (AvgIpc) is 3.08. The van der Waals surface area contributed by atoms with E-state index in [0.29, 0.717) is 5.92 Å². The molecule has 1 aliphatic heterocycles. The Morgan fingerprint density at radius 1 is 1.26 bits per heavy atom. The Balaban J connectivity index is 1.67. The SMILES string of the molecule is CCN(Cc1cccs1)CC1CNc2ccccc21. The van der Waals surface area contributed by atoms with Gasteiger partial charge in [-0.05, 0) is 29.6 Å². The van der Waals surface area contributed by atoms with E-state index in [-0.39, 0.29) is 0 Å². The Bertz CT molecular complexity index is 521. The summed E-state index contributed by atoms with van der Waals surface area (Å²) in [5.74, 6) is 0.621.